The third-order valence-corrected chi connectivity index (χ3v) is 4.76. The Hall–Kier alpha value is -3.45. The highest BCUT2D eigenvalue weighted by Crippen LogP contribution is 2.33. The molecule has 0 fully saturated rings. The fourth-order valence-electron chi connectivity index (χ4n) is 2.95. The molecule has 0 aliphatic rings. The van der Waals surface area contributed by atoms with Crippen molar-refractivity contribution < 1.29 is 17.9 Å². The lowest BCUT2D eigenvalue weighted by Crippen LogP contribution is -2.13. The van der Waals surface area contributed by atoms with Gasteiger partial charge < -0.3 is 14.5 Å². The van der Waals surface area contributed by atoms with Crippen molar-refractivity contribution in [2.24, 2.45) is 0 Å². The van der Waals surface area contributed by atoms with Crippen molar-refractivity contribution in [1.82, 2.24) is 10.2 Å². The first-order chi connectivity index (χ1) is 14.5. The van der Waals surface area contributed by atoms with E-state index < -0.39 is 17.7 Å². The van der Waals surface area contributed by atoms with Gasteiger partial charge in [-0.2, -0.15) is 0 Å². The molecule has 30 heavy (non-hydrogen) atoms. The standard InChI is InChI=1S/C22H16ClF2N3O2/c1-29-17-8-6-16(7-9-17)26-20(18-10-5-15(25)12-19(18)23)22-28-27-21(30-22)13-3-2-4-14(24)11-13/h2-12,20,26H,1H3/t20-/m1/s1. The average molecular weight is 428 g/mol. The van der Waals surface area contributed by atoms with Crippen LogP contribution in [0.15, 0.2) is 71.1 Å². The molecule has 0 aliphatic heterocycles. The third-order valence-electron chi connectivity index (χ3n) is 4.43. The highest BCUT2D eigenvalue weighted by atomic mass is 35.5. The fraction of sp³-hybridized carbons (Fsp3) is 0.0909. The maximum absolute atomic E-state index is 13.6. The SMILES string of the molecule is COc1ccc(N[C@@H](c2nnc(-c3cccc(F)c3)o2)c2ccc(F)cc2Cl)cc1. The normalized spacial score (nSPS) is 11.9. The Kier molecular flexibility index (Phi) is 5.63. The Balaban J connectivity index is 1.73. The number of benzene rings is 3. The lowest BCUT2D eigenvalue weighted by atomic mass is 10.1. The Morgan fingerprint density at radius 1 is 0.967 bits per heavy atom. The molecule has 0 amide bonds. The van der Waals surface area contributed by atoms with Crippen LogP contribution in [0.25, 0.3) is 11.5 Å². The summed E-state index contributed by atoms with van der Waals surface area (Å²) in [6, 6.07) is 16.4. The molecular formula is C22H16ClF2N3O2. The van der Waals surface area contributed by atoms with Gasteiger partial charge in [0, 0.05) is 21.8 Å². The summed E-state index contributed by atoms with van der Waals surface area (Å²) < 4.78 is 38.1. The number of methoxy groups -OCH3 is 1. The topological polar surface area (TPSA) is 60.2 Å². The van der Waals surface area contributed by atoms with Gasteiger partial charge >= 0.3 is 0 Å². The van der Waals surface area contributed by atoms with E-state index in [9.17, 15) is 8.78 Å². The molecule has 1 N–H and O–H groups in total. The van der Waals surface area contributed by atoms with Crippen LogP contribution >= 0.6 is 11.6 Å². The molecular weight excluding hydrogens is 412 g/mol. The van der Waals surface area contributed by atoms with Gasteiger partial charge in [-0.05, 0) is 54.6 Å². The third kappa shape index (κ3) is 4.26. The molecule has 0 saturated carbocycles. The quantitative estimate of drug-likeness (QED) is 0.416. The van der Waals surface area contributed by atoms with Crippen LogP contribution in [0.2, 0.25) is 5.02 Å². The average Bonchev–Trinajstić information content (AvgIpc) is 3.23. The van der Waals surface area contributed by atoms with Crippen LogP contribution in [-0.4, -0.2) is 17.3 Å². The van der Waals surface area contributed by atoms with Crippen molar-refractivity contribution in [1.29, 1.82) is 0 Å². The highest BCUT2D eigenvalue weighted by molar-refractivity contribution is 6.31. The minimum atomic E-state index is -0.665. The summed E-state index contributed by atoms with van der Waals surface area (Å²) in [7, 11) is 1.58. The molecule has 0 unspecified atom stereocenters. The van der Waals surface area contributed by atoms with Crippen LogP contribution in [0.5, 0.6) is 5.75 Å². The van der Waals surface area contributed by atoms with Crippen LogP contribution in [-0.2, 0) is 0 Å². The van der Waals surface area contributed by atoms with Crippen LogP contribution in [0.4, 0.5) is 14.5 Å². The smallest absolute Gasteiger partial charge is 0.247 e. The van der Waals surface area contributed by atoms with Gasteiger partial charge in [0.25, 0.3) is 0 Å². The molecule has 0 aliphatic carbocycles. The maximum Gasteiger partial charge on any atom is 0.247 e. The minimum Gasteiger partial charge on any atom is -0.497 e. The zero-order valence-corrected chi connectivity index (χ0v) is 16.5. The zero-order chi connectivity index (χ0) is 21.1. The van der Waals surface area contributed by atoms with Crippen LogP contribution in [0.1, 0.15) is 17.5 Å². The monoisotopic (exact) mass is 427 g/mol. The van der Waals surface area contributed by atoms with E-state index in [1.165, 1.54) is 24.3 Å². The van der Waals surface area contributed by atoms with Crippen molar-refractivity contribution >= 4 is 17.3 Å². The largest absolute Gasteiger partial charge is 0.497 e. The highest BCUT2D eigenvalue weighted by Gasteiger charge is 2.24. The van der Waals surface area contributed by atoms with Gasteiger partial charge in [0.15, 0.2) is 0 Å². The zero-order valence-electron chi connectivity index (χ0n) is 15.8. The van der Waals surface area contributed by atoms with Gasteiger partial charge in [-0.15, -0.1) is 10.2 Å². The van der Waals surface area contributed by atoms with Gasteiger partial charge in [-0.3, -0.25) is 0 Å². The van der Waals surface area contributed by atoms with E-state index in [2.05, 4.69) is 15.5 Å². The second-order valence-corrected chi connectivity index (χ2v) is 6.83. The van der Waals surface area contributed by atoms with Gasteiger partial charge in [0.2, 0.25) is 11.8 Å². The first-order valence-electron chi connectivity index (χ1n) is 8.98. The number of ether oxygens (including phenoxy) is 1. The number of aromatic nitrogens is 2. The molecule has 152 valence electrons. The molecule has 1 atom stereocenters. The molecule has 0 radical (unpaired) electrons. The molecule has 0 bridgehead atoms. The van der Waals surface area contributed by atoms with E-state index in [1.807, 2.05) is 12.1 Å². The second-order valence-electron chi connectivity index (χ2n) is 6.43. The molecule has 0 saturated heterocycles. The first-order valence-corrected chi connectivity index (χ1v) is 9.36. The van der Waals surface area contributed by atoms with Crippen molar-refractivity contribution in [2.45, 2.75) is 6.04 Å². The van der Waals surface area contributed by atoms with Crippen LogP contribution in [0.3, 0.4) is 0 Å². The molecule has 1 heterocycles. The lowest BCUT2D eigenvalue weighted by Gasteiger charge is -2.18. The summed E-state index contributed by atoms with van der Waals surface area (Å²) in [5, 5.41) is 11.6. The van der Waals surface area contributed by atoms with Crippen molar-refractivity contribution in [2.75, 3.05) is 12.4 Å². The summed E-state index contributed by atoms with van der Waals surface area (Å²) in [6.07, 6.45) is 0. The van der Waals surface area contributed by atoms with Gasteiger partial charge in [-0.1, -0.05) is 23.7 Å². The summed E-state index contributed by atoms with van der Waals surface area (Å²) in [5.74, 6) is 0.172. The fourth-order valence-corrected chi connectivity index (χ4v) is 3.23. The van der Waals surface area contributed by atoms with E-state index >= 15 is 0 Å². The minimum absolute atomic E-state index is 0.157. The maximum atomic E-state index is 13.6. The summed E-state index contributed by atoms with van der Waals surface area (Å²) >= 11 is 6.29. The first kappa shape index (κ1) is 19.8. The number of nitrogens with zero attached hydrogens (tertiary/aromatic N) is 2. The number of nitrogens with one attached hydrogen (secondary N) is 1. The molecule has 0 spiro atoms. The number of halogens is 3. The second kappa shape index (κ2) is 8.51. The van der Waals surface area contributed by atoms with E-state index in [4.69, 9.17) is 20.8 Å². The molecule has 4 rings (SSSR count). The molecule has 4 aromatic rings. The van der Waals surface area contributed by atoms with E-state index in [-0.39, 0.29) is 16.8 Å². The molecule has 5 nitrogen and oxygen atoms in total. The van der Waals surface area contributed by atoms with Crippen molar-refractivity contribution in [3.05, 3.63) is 94.8 Å². The summed E-state index contributed by atoms with van der Waals surface area (Å²) in [5.41, 5.74) is 1.72. The van der Waals surface area contributed by atoms with Crippen LogP contribution < -0.4 is 10.1 Å². The van der Waals surface area contributed by atoms with E-state index in [0.717, 1.165) is 5.69 Å². The Morgan fingerprint density at radius 3 is 2.43 bits per heavy atom. The molecule has 8 heteroatoms. The van der Waals surface area contributed by atoms with Gasteiger partial charge in [-0.25, -0.2) is 8.78 Å². The Labute approximate surface area is 176 Å². The van der Waals surface area contributed by atoms with Crippen LogP contribution in [0, 0.1) is 11.6 Å². The number of hydrogen-bond donors (Lipinski definition) is 1. The Bertz CT molecular complexity index is 1170. The predicted molar refractivity (Wildman–Crippen MR) is 110 cm³/mol. The van der Waals surface area contributed by atoms with E-state index in [0.29, 0.717) is 16.9 Å². The van der Waals surface area contributed by atoms with Gasteiger partial charge in [0.05, 0.1) is 7.11 Å². The lowest BCUT2D eigenvalue weighted by molar-refractivity contribution is 0.415. The number of anilines is 1. The predicted octanol–water partition coefficient (Wildman–Crippen LogP) is 5.88. The van der Waals surface area contributed by atoms with E-state index in [1.54, 1.807) is 37.4 Å². The molecule has 1 aromatic heterocycles. The number of rotatable bonds is 6. The van der Waals surface area contributed by atoms with Crippen molar-refractivity contribution in [3.8, 4) is 17.2 Å². The Morgan fingerprint density at radius 2 is 1.73 bits per heavy atom. The van der Waals surface area contributed by atoms with Crippen molar-refractivity contribution in [3.63, 3.8) is 0 Å². The summed E-state index contributed by atoms with van der Waals surface area (Å²) in [6.45, 7) is 0. The number of hydrogen-bond acceptors (Lipinski definition) is 5. The van der Waals surface area contributed by atoms with Gasteiger partial charge in [0.1, 0.15) is 23.4 Å². The summed E-state index contributed by atoms with van der Waals surface area (Å²) in [4.78, 5) is 0. The molecule has 3 aromatic carbocycles.